The first-order valence-corrected chi connectivity index (χ1v) is 9.53. The zero-order valence-corrected chi connectivity index (χ0v) is 13.9. The number of hydrogen-bond donors (Lipinski definition) is 1. The topological polar surface area (TPSA) is 49.4 Å². The molecule has 2 atom stereocenters. The molecular weight excluding hydrogens is 348 g/mol. The predicted molar refractivity (Wildman–Crippen MR) is 80.0 cm³/mol. The van der Waals surface area contributed by atoms with Crippen molar-refractivity contribution < 1.29 is 8.42 Å². The van der Waals surface area contributed by atoms with Crippen molar-refractivity contribution >= 4 is 37.3 Å². The third-order valence-corrected chi connectivity index (χ3v) is 7.79. The number of halogens is 1. The average Bonchev–Trinajstić information content (AvgIpc) is 2.94. The number of hydrogen-bond acceptors (Lipinski definition) is 4. The second kappa shape index (κ2) is 5.11. The number of nitrogens with one attached hydrogen (secondary N) is 1. The molecule has 0 amide bonds. The van der Waals surface area contributed by atoms with Crippen molar-refractivity contribution in [2.75, 3.05) is 19.6 Å². The Labute approximate surface area is 126 Å². The molecule has 1 N–H and O–H groups in total. The number of sulfonamides is 1. The van der Waals surface area contributed by atoms with Crippen molar-refractivity contribution in [1.29, 1.82) is 0 Å². The molecule has 1 aromatic rings. The molecular formula is C12H17BrN2O2S2. The van der Waals surface area contributed by atoms with Crippen molar-refractivity contribution in [3.05, 3.63) is 14.7 Å². The molecule has 3 heterocycles. The minimum atomic E-state index is -3.35. The summed E-state index contributed by atoms with van der Waals surface area (Å²) in [5, 5.41) is 3.32. The smallest absolute Gasteiger partial charge is 0.244 e. The molecule has 0 aromatic carbocycles. The predicted octanol–water partition coefficient (Wildman–Crippen LogP) is 2.19. The van der Waals surface area contributed by atoms with E-state index in [0.717, 1.165) is 34.6 Å². The first kappa shape index (κ1) is 14.0. The minimum Gasteiger partial charge on any atom is -0.315 e. The first-order valence-electron chi connectivity index (χ1n) is 6.48. The van der Waals surface area contributed by atoms with Crippen molar-refractivity contribution in [2.24, 2.45) is 5.92 Å². The summed E-state index contributed by atoms with van der Waals surface area (Å²) in [6.07, 6.45) is 2.10. The second-order valence-electron chi connectivity index (χ2n) is 5.21. The van der Waals surface area contributed by atoms with Gasteiger partial charge in [0.2, 0.25) is 10.0 Å². The maximum Gasteiger partial charge on any atom is 0.244 e. The Morgan fingerprint density at radius 1 is 1.47 bits per heavy atom. The van der Waals surface area contributed by atoms with Gasteiger partial charge < -0.3 is 5.32 Å². The van der Waals surface area contributed by atoms with Crippen molar-refractivity contribution in [2.45, 2.75) is 30.7 Å². The molecule has 0 bridgehead atoms. The molecule has 19 heavy (non-hydrogen) atoms. The maximum atomic E-state index is 12.8. The summed E-state index contributed by atoms with van der Waals surface area (Å²) in [6.45, 7) is 4.26. The second-order valence-corrected chi connectivity index (χ2v) is 9.71. The Bertz CT molecular complexity index is 585. The number of thiophene rings is 1. The van der Waals surface area contributed by atoms with Crippen LogP contribution in [0.5, 0.6) is 0 Å². The number of aryl methyl sites for hydroxylation is 1. The number of piperidine rings is 1. The zero-order valence-electron chi connectivity index (χ0n) is 10.7. The van der Waals surface area contributed by atoms with Gasteiger partial charge in [-0.1, -0.05) is 0 Å². The molecule has 2 unspecified atom stereocenters. The van der Waals surface area contributed by atoms with Gasteiger partial charge in [-0.2, -0.15) is 4.31 Å². The van der Waals surface area contributed by atoms with E-state index in [2.05, 4.69) is 21.2 Å². The van der Waals surface area contributed by atoms with Crippen LogP contribution < -0.4 is 5.32 Å². The normalized spacial score (nSPS) is 28.5. The van der Waals surface area contributed by atoms with E-state index in [0.29, 0.717) is 17.4 Å². The van der Waals surface area contributed by atoms with Gasteiger partial charge >= 0.3 is 0 Å². The van der Waals surface area contributed by atoms with Crippen LogP contribution in [-0.2, 0) is 10.0 Å². The fraction of sp³-hybridized carbons (Fsp3) is 0.667. The fourth-order valence-corrected chi connectivity index (χ4v) is 7.25. The van der Waals surface area contributed by atoms with E-state index in [9.17, 15) is 8.42 Å². The molecule has 2 fully saturated rings. The van der Waals surface area contributed by atoms with Gasteiger partial charge in [0.25, 0.3) is 0 Å². The van der Waals surface area contributed by atoms with E-state index in [-0.39, 0.29) is 6.04 Å². The zero-order chi connectivity index (χ0) is 13.6. The largest absolute Gasteiger partial charge is 0.315 e. The molecule has 7 heteroatoms. The maximum absolute atomic E-state index is 12.8. The number of fused-ring (bicyclic) bond motifs is 1. The van der Waals surface area contributed by atoms with E-state index >= 15 is 0 Å². The number of rotatable bonds is 2. The molecule has 2 aliphatic rings. The number of nitrogens with zero attached hydrogens (tertiary/aromatic N) is 1. The summed E-state index contributed by atoms with van der Waals surface area (Å²) in [5.74, 6) is 0.478. The Balaban J connectivity index is 1.97. The average molecular weight is 365 g/mol. The van der Waals surface area contributed by atoms with Crippen LogP contribution in [0.2, 0.25) is 0 Å². The summed E-state index contributed by atoms with van der Waals surface area (Å²) in [7, 11) is -3.35. The molecule has 0 saturated carbocycles. The van der Waals surface area contributed by atoms with Crippen LogP contribution in [0.25, 0.3) is 0 Å². The van der Waals surface area contributed by atoms with Gasteiger partial charge in [-0.15, -0.1) is 11.3 Å². The highest BCUT2D eigenvalue weighted by molar-refractivity contribution is 9.11. The van der Waals surface area contributed by atoms with Crippen molar-refractivity contribution in [3.63, 3.8) is 0 Å². The van der Waals surface area contributed by atoms with E-state index in [1.807, 2.05) is 6.92 Å². The van der Waals surface area contributed by atoms with E-state index in [1.54, 1.807) is 10.4 Å². The summed E-state index contributed by atoms with van der Waals surface area (Å²) in [5.41, 5.74) is 0. The minimum absolute atomic E-state index is 0.136. The molecule has 3 rings (SSSR count). The lowest BCUT2D eigenvalue weighted by Gasteiger charge is -2.35. The van der Waals surface area contributed by atoms with Gasteiger partial charge in [-0.25, -0.2) is 8.42 Å². The lowest BCUT2D eigenvalue weighted by atomic mass is 9.94. The van der Waals surface area contributed by atoms with E-state index in [1.165, 1.54) is 11.3 Å². The molecule has 106 valence electrons. The van der Waals surface area contributed by atoms with Crippen LogP contribution in [0.15, 0.2) is 14.7 Å². The summed E-state index contributed by atoms with van der Waals surface area (Å²) in [4.78, 5) is 1.33. The summed E-state index contributed by atoms with van der Waals surface area (Å²) < 4.78 is 28.3. The third-order valence-electron chi connectivity index (χ3n) is 4.06. The Morgan fingerprint density at radius 3 is 2.95 bits per heavy atom. The Kier molecular flexibility index (Phi) is 3.77. The van der Waals surface area contributed by atoms with Gasteiger partial charge in [-0.05, 0) is 54.2 Å². The van der Waals surface area contributed by atoms with Crippen LogP contribution in [0.3, 0.4) is 0 Å². The van der Waals surface area contributed by atoms with Crippen LogP contribution >= 0.6 is 27.3 Å². The molecule has 1 aromatic heterocycles. The summed E-state index contributed by atoms with van der Waals surface area (Å²) in [6, 6.07) is 1.87. The van der Waals surface area contributed by atoms with Crippen LogP contribution in [0.4, 0.5) is 0 Å². The van der Waals surface area contributed by atoms with Crippen LogP contribution in [0, 0.1) is 12.8 Å². The monoisotopic (exact) mass is 364 g/mol. The van der Waals surface area contributed by atoms with Gasteiger partial charge in [0.15, 0.2) is 0 Å². The highest BCUT2D eigenvalue weighted by Gasteiger charge is 2.42. The lowest BCUT2D eigenvalue weighted by Crippen LogP contribution is -2.48. The third kappa shape index (κ3) is 2.40. The van der Waals surface area contributed by atoms with Gasteiger partial charge in [0.05, 0.1) is 8.68 Å². The van der Waals surface area contributed by atoms with E-state index < -0.39 is 10.0 Å². The Morgan fingerprint density at radius 2 is 2.26 bits per heavy atom. The van der Waals surface area contributed by atoms with Gasteiger partial charge in [-0.3, -0.25) is 0 Å². The van der Waals surface area contributed by atoms with Gasteiger partial charge in [0, 0.05) is 24.0 Å². The van der Waals surface area contributed by atoms with Gasteiger partial charge in [0.1, 0.15) is 0 Å². The SMILES string of the molecule is Cc1sc(Br)cc1S(=O)(=O)N1CCCC2CNCC21. The van der Waals surface area contributed by atoms with Crippen LogP contribution in [0.1, 0.15) is 17.7 Å². The molecule has 2 aliphatic heterocycles. The molecule has 0 radical (unpaired) electrons. The highest BCUT2D eigenvalue weighted by atomic mass is 79.9. The fourth-order valence-electron chi connectivity index (χ4n) is 3.14. The van der Waals surface area contributed by atoms with Crippen LogP contribution in [-0.4, -0.2) is 38.4 Å². The Hall–Kier alpha value is 0.0500. The lowest BCUT2D eigenvalue weighted by molar-refractivity contribution is 0.217. The highest BCUT2D eigenvalue weighted by Crippen LogP contribution is 2.36. The molecule has 0 spiro atoms. The standard InChI is InChI=1S/C12H17BrN2O2S2/c1-8-11(5-12(13)18-8)19(16,17)15-4-2-3-9-6-14-7-10(9)15/h5,9-10,14H,2-4,6-7H2,1H3. The molecule has 2 saturated heterocycles. The first-order chi connectivity index (χ1) is 9.00. The molecule has 0 aliphatic carbocycles. The van der Waals surface area contributed by atoms with Crippen molar-refractivity contribution in [1.82, 2.24) is 9.62 Å². The van der Waals surface area contributed by atoms with E-state index in [4.69, 9.17) is 0 Å². The molecule has 4 nitrogen and oxygen atoms in total. The summed E-state index contributed by atoms with van der Waals surface area (Å²) >= 11 is 4.86. The quantitative estimate of drug-likeness (QED) is 0.874. The van der Waals surface area contributed by atoms with Crippen molar-refractivity contribution in [3.8, 4) is 0 Å².